The summed E-state index contributed by atoms with van der Waals surface area (Å²) in [6.07, 6.45) is -0.341. The van der Waals surface area contributed by atoms with Crippen LogP contribution in [0.4, 0.5) is 0 Å². The fraction of sp³-hybridized carbons (Fsp3) is 0.625. The molecule has 0 bridgehead atoms. The Bertz CT molecular complexity index is 402. The van der Waals surface area contributed by atoms with Gasteiger partial charge < -0.3 is 15.2 Å². The van der Waals surface area contributed by atoms with Crippen LogP contribution in [0.3, 0.4) is 0 Å². The summed E-state index contributed by atoms with van der Waals surface area (Å²) in [5.74, 6) is 1.25. The summed E-state index contributed by atoms with van der Waals surface area (Å²) in [5, 5.41) is 13.6. The Morgan fingerprint density at radius 3 is 2.21 bits per heavy atom. The Morgan fingerprint density at radius 1 is 1.16 bits per heavy atom. The van der Waals surface area contributed by atoms with Gasteiger partial charge in [0.1, 0.15) is 5.75 Å². The smallest absolute Gasteiger partial charge is 0.122 e. The molecule has 3 nitrogen and oxygen atoms in total. The summed E-state index contributed by atoms with van der Waals surface area (Å²) in [7, 11) is 1.89. The van der Waals surface area contributed by atoms with Gasteiger partial charge in [-0.15, -0.1) is 0 Å². The van der Waals surface area contributed by atoms with Crippen molar-refractivity contribution in [2.75, 3.05) is 7.05 Å². The topological polar surface area (TPSA) is 41.5 Å². The van der Waals surface area contributed by atoms with E-state index >= 15 is 0 Å². The lowest BCUT2D eigenvalue weighted by atomic mass is 9.92. The number of hydrogen-bond donors (Lipinski definition) is 2. The van der Waals surface area contributed by atoms with Crippen molar-refractivity contribution in [1.82, 2.24) is 5.32 Å². The second-order valence-corrected chi connectivity index (χ2v) is 5.69. The number of aliphatic hydroxyl groups excluding tert-OH is 1. The molecule has 0 aromatic heterocycles. The molecule has 1 aromatic rings. The lowest BCUT2D eigenvalue weighted by Crippen LogP contribution is -2.36. The summed E-state index contributed by atoms with van der Waals surface area (Å²) in [6.45, 7) is 10.2. The first-order chi connectivity index (χ1) is 8.86. The molecule has 2 unspecified atom stereocenters. The van der Waals surface area contributed by atoms with Gasteiger partial charge >= 0.3 is 0 Å². The van der Waals surface area contributed by atoms with Crippen molar-refractivity contribution in [3.63, 3.8) is 0 Å². The standard InChI is InChI=1S/C16H27NO2/c1-10(2)15(17-6)16(18)13-7-8-14(12(5)9-13)19-11(3)4/h7-11,15-18H,1-6H3. The van der Waals surface area contributed by atoms with Gasteiger partial charge in [0.05, 0.1) is 12.2 Å². The first kappa shape index (κ1) is 16.0. The Balaban J connectivity index is 2.93. The molecule has 0 amide bonds. The molecule has 0 radical (unpaired) electrons. The van der Waals surface area contributed by atoms with Gasteiger partial charge in [-0.1, -0.05) is 19.9 Å². The highest BCUT2D eigenvalue weighted by Gasteiger charge is 2.22. The van der Waals surface area contributed by atoms with Crippen LogP contribution >= 0.6 is 0 Å². The normalized spacial score (nSPS) is 14.8. The molecule has 0 fully saturated rings. The highest BCUT2D eigenvalue weighted by atomic mass is 16.5. The van der Waals surface area contributed by atoms with Crippen LogP contribution in [0.15, 0.2) is 18.2 Å². The molecule has 0 heterocycles. The predicted octanol–water partition coefficient (Wildman–Crippen LogP) is 3.06. The van der Waals surface area contributed by atoms with E-state index in [9.17, 15) is 5.11 Å². The van der Waals surface area contributed by atoms with Crippen LogP contribution in [-0.4, -0.2) is 24.3 Å². The lowest BCUT2D eigenvalue weighted by Gasteiger charge is -2.26. The van der Waals surface area contributed by atoms with Crippen LogP contribution in [0.1, 0.15) is 44.9 Å². The molecule has 1 aromatic carbocycles. The summed E-state index contributed by atoms with van der Waals surface area (Å²) < 4.78 is 5.72. The number of nitrogens with one attached hydrogen (secondary N) is 1. The van der Waals surface area contributed by atoms with E-state index in [0.717, 1.165) is 16.9 Å². The summed E-state index contributed by atoms with van der Waals surface area (Å²) in [6, 6.07) is 5.95. The van der Waals surface area contributed by atoms with Gasteiger partial charge in [0.2, 0.25) is 0 Å². The fourth-order valence-corrected chi connectivity index (χ4v) is 2.31. The zero-order chi connectivity index (χ0) is 14.6. The number of likely N-dealkylation sites (N-methyl/N-ethyl adjacent to an activating group) is 1. The van der Waals surface area contributed by atoms with E-state index < -0.39 is 6.10 Å². The first-order valence-corrected chi connectivity index (χ1v) is 6.99. The molecule has 0 aliphatic rings. The van der Waals surface area contributed by atoms with E-state index in [-0.39, 0.29) is 12.1 Å². The zero-order valence-corrected chi connectivity index (χ0v) is 12.9. The Morgan fingerprint density at radius 2 is 1.79 bits per heavy atom. The van der Waals surface area contributed by atoms with Crippen molar-refractivity contribution in [3.8, 4) is 5.75 Å². The molecule has 2 atom stereocenters. The fourth-order valence-electron chi connectivity index (χ4n) is 2.31. The van der Waals surface area contributed by atoms with Crippen molar-refractivity contribution in [1.29, 1.82) is 0 Å². The predicted molar refractivity (Wildman–Crippen MR) is 79.6 cm³/mol. The average Bonchev–Trinajstić information content (AvgIpc) is 2.31. The van der Waals surface area contributed by atoms with E-state index in [4.69, 9.17) is 4.74 Å². The summed E-state index contributed by atoms with van der Waals surface area (Å²) >= 11 is 0. The Kier molecular flexibility index (Phi) is 5.83. The molecule has 0 saturated carbocycles. The number of aliphatic hydroxyl groups is 1. The van der Waals surface area contributed by atoms with Crippen LogP contribution in [0.2, 0.25) is 0 Å². The molecule has 2 N–H and O–H groups in total. The molecular formula is C16H27NO2. The van der Waals surface area contributed by atoms with Gasteiger partial charge in [-0.2, -0.15) is 0 Å². The minimum Gasteiger partial charge on any atom is -0.491 e. The van der Waals surface area contributed by atoms with Gasteiger partial charge in [0, 0.05) is 6.04 Å². The van der Waals surface area contributed by atoms with E-state index in [0.29, 0.717) is 5.92 Å². The largest absolute Gasteiger partial charge is 0.491 e. The second kappa shape index (κ2) is 6.92. The third-order valence-corrected chi connectivity index (χ3v) is 3.29. The molecule has 0 aliphatic carbocycles. The Labute approximate surface area is 117 Å². The van der Waals surface area contributed by atoms with Crippen LogP contribution in [0, 0.1) is 12.8 Å². The van der Waals surface area contributed by atoms with Crippen molar-refractivity contribution in [2.45, 2.75) is 52.9 Å². The quantitative estimate of drug-likeness (QED) is 0.830. The van der Waals surface area contributed by atoms with Crippen LogP contribution in [-0.2, 0) is 0 Å². The molecule has 0 aliphatic heterocycles. The van der Waals surface area contributed by atoms with Crippen molar-refractivity contribution < 1.29 is 9.84 Å². The van der Waals surface area contributed by atoms with Crippen LogP contribution < -0.4 is 10.1 Å². The number of ether oxygens (including phenoxy) is 1. The molecule has 108 valence electrons. The van der Waals surface area contributed by atoms with Crippen molar-refractivity contribution in [2.24, 2.45) is 5.92 Å². The van der Waals surface area contributed by atoms with E-state index in [2.05, 4.69) is 19.2 Å². The van der Waals surface area contributed by atoms with Crippen molar-refractivity contribution >= 4 is 0 Å². The average molecular weight is 265 g/mol. The zero-order valence-electron chi connectivity index (χ0n) is 12.9. The highest BCUT2D eigenvalue weighted by molar-refractivity contribution is 5.37. The molecule has 3 heteroatoms. The maximum atomic E-state index is 10.4. The highest BCUT2D eigenvalue weighted by Crippen LogP contribution is 2.27. The van der Waals surface area contributed by atoms with Gasteiger partial charge in [0.25, 0.3) is 0 Å². The molecule has 0 saturated heterocycles. The SMILES string of the molecule is CNC(C(C)C)C(O)c1ccc(OC(C)C)c(C)c1. The number of benzene rings is 1. The minimum absolute atomic E-state index is 0.0521. The third kappa shape index (κ3) is 4.22. The van der Waals surface area contributed by atoms with Crippen LogP contribution in [0.25, 0.3) is 0 Å². The molecule has 19 heavy (non-hydrogen) atoms. The molecule has 0 spiro atoms. The van der Waals surface area contributed by atoms with Crippen molar-refractivity contribution in [3.05, 3.63) is 29.3 Å². The summed E-state index contributed by atoms with van der Waals surface area (Å²) in [5.41, 5.74) is 1.99. The molecular weight excluding hydrogens is 238 g/mol. The lowest BCUT2D eigenvalue weighted by molar-refractivity contribution is 0.109. The minimum atomic E-state index is -0.503. The van der Waals surface area contributed by atoms with E-state index in [1.807, 2.05) is 46.0 Å². The Hall–Kier alpha value is -1.06. The van der Waals surface area contributed by atoms with Gasteiger partial charge in [-0.25, -0.2) is 0 Å². The number of hydrogen-bond acceptors (Lipinski definition) is 3. The first-order valence-electron chi connectivity index (χ1n) is 6.99. The maximum Gasteiger partial charge on any atom is 0.122 e. The maximum absolute atomic E-state index is 10.4. The van der Waals surface area contributed by atoms with Crippen LogP contribution in [0.5, 0.6) is 5.75 Å². The monoisotopic (exact) mass is 265 g/mol. The summed E-state index contributed by atoms with van der Waals surface area (Å²) in [4.78, 5) is 0. The van der Waals surface area contributed by atoms with Gasteiger partial charge in [-0.05, 0) is 57.0 Å². The number of aryl methyl sites for hydroxylation is 1. The number of rotatable bonds is 6. The molecule has 1 rings (SSSR count). The second-order valence-electron chi connectivity index (χ2n) is 5.69. The van der Waals surface area contributed by atoms with Gasteiger partial charge in [0.15, 0.2) is 0 Å². The van der Waals surface area contributed by atoms with Gasteiger partial charge in [-0.3, -0.25) is 0 Å². The van der Waals surface area contributed by atoms with E-state index in [1.165, 1.54) is 0 Å². The third-order valence-electron chi connectivity index (χ3n) is 3.29. The van der Waals surface area contributed by atoms with E-state index in [1.54, 1.807) is 0 Å².